The molecule has 26 heavy (non-hydrogen) atoms. The average molecular weight is 418 g/mol. The zero-order valence-corrected chi connectivity index (χ0v) is 18.3. The van der Waals surface area contributed by atoms with Gasteiger partial charge >= 0.3 is 165 Å². The van der Waals surface area contributed by atoms with Crippen molar-refractivity contribution in [2.24, 2.45) is 0 Å². The van der Waals surface area contributed by atoms with Crippen molar-refractivity contribution in [3.63, 3.8) is 0 Å². The molecule has 0 heterocycles. The molecule has 0 radical (unpaired) electrons. The van der Waals surface area contributed by atoms with E-state index in [2.05, 4.69) is 68.5 Å². The number of fused-ring (bicyclic) bond motifs is 3. The second-order valence-electron chi connectivity index (χ2n) is 8.16. The normalized spacial score (nSPS) is 18.2. The van der Waals surface area contributed by atoms with Crippen LogP contribution in [-0.4, -0.2) is 3.21 Å². The summed E-state index contributed by atoms with van der Waals surface area (Å²) in [4.78, 5) is 0. The number of allylic oxidation sites excluding steroid dienone is 4. The Labute approximate surface area is 164 Å². The fraction of sp³-hybridized carbons (Fsp3) is 0.320. The summed E-state index contributed by atoms with van der Waals surface area (Å²) < 4.78 is 4.52. The molecule has 0 aliphatic heterocycles. The first kappa shape index (κ1) is 16.8. The number of hydrogen-bond donors (Lipinski definition) is 0. The van der Waals surface area contributed by atoms with Gasteiger partial charge in [0.1, 0.15) is 0 Å². The van der Waals surface area contributed by atoms with E-state index in [1.807, 2.05) is 6.49 Å². The summed E-state index contributed by atoms with van der Waals surface area (Å²) in [5, 5.41) is 0. The molecule has 0 bridgehead atoms. The van der Waals surface area contributed by atoms with Crippen LogP contribution in [0.5, 0.6) is 0 Å². The topological polar surface area (TPSA) is 0 Å². The van der Waals surface area contributed by atoms with E-state index < -0.39 is 21.3 Å². The van der Waals surface area contributed by atoms with Gasteiger partial charge in [0.15, 0.2) is 0 Å². The molecule has 3 aliphatic carbocycles. The minimum atomic E-state index is -1.91. The van der Waals surface area contributed by atoms with Crippen molar-refractivity contribution < 1.29 is 21.3 Å². The van der Waals surface area contributed by atoms with E-state index >= 15 is 0 Å². The van der Waals surface area contributed by atoms with E-state index in [1.54, 1.807) is 11.1 Å². The third-order valence-electron chi connectivity index (χ3n) is 6.32. The molecule has 3 aliphatic rings. The van der Waals surface area contributed by atoms with E-state index in [0.29, 0.717) is 3.63 Å². The second kappa shape index (κ2) is 6.68. The molecule has 1 saturated carbocycles. The number of benzene rings is 2. The second-order valence-corrected chi connectivity index (χ2v) is 14.9. The molecule has 2 aromatic rings. The van der Waals surface area contributed by atoms with E-state index in [-0.39, 0.29) is 0 Å². The van der Waals surface area contributed by atoms with Crippen LogP contribution in [0.25, 0.3) is 11.1 Å². The van der Waals surface area contributed by atoms with Gasteiger partial charge in [-0.25, -0.2) is 0 Å². The molecule has 1 fully saturated rings. The summed E-state index contributed by atoms with van der Waals surface area (Å²) in [7, 11) is 0. The molecule has 1 heteroatoms. The number of aryl methyl sites for hydroxylation is 2. The monoisotopic (exact) mass is 416 g/mol. The minimum absolute atomic E-state index is 0.697. The Morgan fingerprint density at radius 1 is 0.846 bits per heavy atom. The van der Waals surface area contributed by atoms with Crippen LogP contribution in [0.2, 0.25) is 0 Å². The summed E-state index contributed by atoms with van der Waals surface area (Å²) in [6, 6.07) is 14.5. The van der Waals surface area contributed by atoms with Crippen molar-refractivity contribution in [2.45, 2.75) is 49.6 Å². The molecule has 0 aromatic heterocycles. The van der Waals surface area contributed by atoms with Gasteiger partial charge in [-0.1, -0.05) is 0 Å². The Bertz CT molecular complexity index is 928. The molecule has 0 spiro atoms. The van der Waals surface area contributed by atoms with Gasteiger partial charge in [-0.2, -0.15) is 0 Å². The Morgan fingerprint density at radius 2 is 1.46 bits per heavy atom. The van der Waals surface area contributed by atoms with E-state index in [1.165, 1.54) is 54.4 Å². The summed E-state index contributed by atoms with van der Waals surface area (Å²) in [6.45, 7) is 4.47. The van der Waals surface area contributed by atoms with E-state index in [4.69, 9.17) is 0 Å². The van der Waals surface area contributed by atoms with Crippen molar-refractivity contribution in [2.75, 3.05) is 0 Å². The maximum absolute atomic E-state index is 2.49. The van der Waals surface area contributed by atoms with Crippen LogP contribution < -0.4 is 0 Å². The average Bonchev–Trinajstić information content (AvgIpc) is 3.38. The molecule has 0 amide bonds. The quantitative estimate of drug-likeness (QED) is 0.517. The summed E-state index contributed by atoms with van der Waals surface area (Å²) >= 11 is -1.91. The van der Waals surface area contributed by atoms with E-state index in [0.717, 1.165) is 0 Å². The maximum atomic E-state index is 2.49. The van der Waals surface area contributed by atoms with Crippen LogP contribution in [0.4, 0.5) is 0 Å². The van der Waals surface area contributed by atoms with Crippen LogP contribution in [0.3, 0.4) is 0 Å². The van der Waals surface area contributed by atoms with Crippen molar-refractivity contribution in [3.05, 3.63) is 80.2 Å². The zero-order chi connectivity index (χ0) is 17.7. The molecule has 0 atom stereocenters. The first-order valence-electron chi connectivity index (χ1n) is 10.0. The molecule has 130 valence electrons. The number of hydrogen-bond acceptors (Lipinski definition) is 0. The first-order chi connectivity index (χ1) is 12.7. The number of rotatable bonds is 2. The molecule has 0 saturated heterocycles. The third-order valence-corrected chi connectivity index (χ3v) is 15.0. The fourth-order valence-electron chi connectivity index (χ4n) is 5.12. The van der Waals surface area contributed by atoms with Gasteiger partial charge < -0.3 is 0 Å². The summed E-state index contributed by atoms with van der Waals surface area (Å²) in [5.41, 5.74) is 9.10. The molecular weight excluding hydrogens is 391 g/mol. The predicted molar refractivity (Wildman–Crippen MR) is 109 cm³/mol. The van der Waals surface area contributed by atoms with Gasteiger partial charge in [0, 0.05) is 0 Å². The molecule has 2 aromatic carbocycles. The van der Waals surface area contributed by atoms with E-state index in [9.17, 15) is 0 Å². The van der Waals surface area contributed by atoms with Crippen molar-refractivity contribution in [1.82, 2.24) is 0 Å². The fourth-order valence-corrected chi connectivity index (χ4v) is 14.6. The standard InChI is InChI=1S/C15H13.C5H8.C5H5.Zr/c1-10-3-5-12-9-13-6-4-11(2)8-15(13)14(12)7-10;2*1-2-4-5-3-1;/h3-9H,1-2H3;1-4H2;1-3H,4H2;. The van der Waals surface area contributed by atoms with Gasteiger partial charge in [0.25, 0.3) is 0 Å². The molecule has 0 nitrogen and oxygen atoms in total. The van der Waals surface area contributed by atoms with Crippen LogP contribution in [0.1, 0.15) is 58.0 Å². The zero-order valence-electron chi connectivity index (χ0n) is 15.8. The Balaban J connectivity index is 1.77. The summed E-state index contributed by atoms with van der Waals surface area (Å²) in [5.74, 6) is 0. The first-order valence-corrected chi connectivity index (χ1v) is 13.9. The van der Waals surface area contributed by atoms with Crippen LogP contribution in [-0.2, 0) is 21.3 Å². The van der Waals surface area contributed by atoms with Crippen LogP contribution in [0, 0.1) is 13.8 Å². The SMILES string of the molecule is Cc1ccc2c(c1)-c1cc(C)ccc1[CH]2[Zr]([C]1=CC=CC1)=[C]1CCCC1. The van der Waals surface area contributed by atoms with Gasteiger partial charge in [-0.15, -0.1) is 0 Å². The van der Waals surface area contributed by atoms with Crippen molar-refractivity contribution >= 4 is 3.21 Å². The Morgan fingerprint density at radius 3 is 2.00 bits per heavy atom. The van der Waals surface area contributed by atoms with Crippen LogP contribution in [0.15, 0.2) is 57.9 Å². The third kappa shape index (κ3) is 2.71. The van der Waals surface area contributed by atoms with Gasteiger partial charge in [-0.3, -0.25) is 0 Å². The molecule has 0 unspecified atom stereocenters. The molecule has 0 N–H and O–H groups in total. The van der Waals surface area contributed by atoms with Gasteiger partial charge in [0.05, 0.1) is 0 Å². The molecular formula is C25H26Zr. The van der Waals surface area contributed by atoms with Crippen molar-refractivity contribution in [3.8, 4) is 11.1 Å². The Hall–Kier alpha value is -1.33. The van der Waals surface area contributed by atoms with Gasteiger partial charge in [-0.05, 0) is 0 Å². The van der Waals surface area contributed by atoms with Gasteiger partial charge in [0.2, 0.25) is 0 Å². The molecule has 5 rings (SSSR count). The summed E-state index contributed by atoms with van der Waals surface area (Å²) in [6.07, 6.45) is 14.1. The van der Waals surface area contributed by atoms with Crippen LogP contribution >= 0.6 is 0 Å². The Kier molecular flexibility index (Phi) is 4.32. The predicted octanol–water partition coefficient (Wildman–Crippen LogP) is 6.58. The van der Waals surface area contributed by atoms with Crippen molar-refractivity contribution in [1.29, 1.82) is 0 Å².